The van der Waals surface area contributed by atoms with E-state index in [4.69, 9.17) is 5.73 Å². The maximum atomic E-state index is 13.1. The Morgan fingerprint density at radius 2 is 2.16 bits per heavy atom. The van der Waals surface area contributed by atoms with Crippen molar-refractivity contribution in [3.63, 3.8) is 0 Å². The molecule has 1 heterocycles. The highest BCUT2D eigenvalue weighted by Crippen LogP contribution is 2.24. The van der Waals surface area contributed by atoms with Crippen LogP contribution in [0, 0.1) is 11.2 Å². The van der Waals surface area contributed by atoms with E-state index in [0.717, 1.165) is 28.3 Å². The summed E-state index contributed by atoms with van der Waals surface area (Å²) in [6, 6.07) is 4.72. The van der Waals surface area contributed by atoms with Crippen LogP contribution in [0.15, 0.2) is 18.2 Å². The highest BCUT2D eigenvalue weighted by molar-refractivity contribution is 7.18. The topological polar surface area (TPSA) is 42.2 Å². The van der Waals surface area contributed by atoms with E-state index in [0.29, 0.717) is 6.54 Å². The van der Waals surface area contributed by atoms with Crippen LogP contribution in [-0.2, 0) is 6.54 Å². The van der Waals surface area contributed by atoms with Gasteiger partial charge in [-0.3, -0.25) is 4.90 Å². The van der Waals surface area contributed by atoms with Crippen LogP contribution in [0.25, 0.3) is 10.2 Å². The predicted molar refractivity (Wildman–Crippen MR) is 78.7 cm³/mol. The standard InChI is InChI=1S/C14H20FN3S/c1-14(2,8-16)9-18(3)7-13-17-11-5-4-10(15)6-12(11)19-13/h4-6H,7-9,16H2,1-3H3. The van der Waals surface area contributed by atoms with Crippen LogP contribution in [0.5, 0.6) is 0 Å². The van der Waals surface area contributed by atoms with Crippen molar-refractivity contribution in [1.29, 1.82) is 0 Å². The summed E-state index contributed by atoms with van der Waals surface area (Å²) in [5.74, 6) is -0.208. The molecule has 19 heavy (non-hydrogen) atoms. The number of halogens is 1. The van der Waals surface area contributed by atoms with Gasteiger partial charge in [0.15, 0.2) is 0 Å². The Labute approximate surface area is 117 Å². The molecule has 3 nitrogen and oxygen atoms in total. The Kier molecular flexibility index (Phi) is 4.18. The number of nitrogens with two attached hydrogens (primary N) is 1. The molecule has 0 radical (unpaired) electrons. The van der Waals surface area contributed by atoms with E-state index >= 15 is 0 Å². The lowest BCUT2D eigenvalue weighted by Gasteiger charge is -2.28. The molecule has 2 N–H and O–H groups in total. The fraction of sp³-hybridized carbons (Fsp3) is 0.500. The fourth-order valence-corrected chi connectivity index (χ4v) is 3.17. The Morgan fingerprint density at radius 3 is 2.84 bits per heavy atom. The van der Waals surface area contributed by atoms with E-state index in [9.17, 15) is 4.39 Å². The summed E-state index contributed by atoms with van der Waals surface area (Å²) in [5.41, 5.74) is 6.71. The number of rotatable bonds is 5. The average molecular weight is 281 g/mol. The molecule has 0 aliphatic carbocycles. The number of fused-ring (bicyclic) bond motifs is 1. The fourth-order valence-electron chi connectivity index (χ4n) is 2.10. The lowest BCUT2D eigenvalue weighted by molar-refractivity contribution is 0.210. The van der Waals surface area contributed by atoms with E-state index in [1.54, 1.807) is 23.5 Å². The maximum absolute atomic E-state index is 13.1. The van der Waals surface area contributed by atoms with E-state index < -0.39 is 0 Å². The first kappa shape index (κ1) is 14.4. The summed E-state index contributed by atoms with van der Waals surface area (Å²) in [6.45, 7) is 6.63. The molecule has 1 aromatic heterocycles. The van der Waals surface area contributed by atoms with Crippen molar-refractivity contribution in [2.75, 3.05) is 20.1 Å². The minimum atomic E-state index is -0.208. The largest absolute Gasteiger partial charge is 0.330 e. The quantitative estimate of drug-likeness (QED) is 0.916. The molecular formula is C14H20FN3S. The van der Waals surface area contributed by atoms with Gasteiger partial charge in [-0.05, 0) is 37.2 Å². The molecule has 1 aromatic carbocycles. The maximum Gasteiger partial charge on any atom is 0.124 e. The van der Waals surface area contributed by atoms with E-state index in [-0.39, 0.29) is 11.2 Å². The molecule has 104 valence electrons. The third-order valence-corrected chi connectivity index (χ3v) is 4.05. The zero-order valence-corrected chi connectivity index (χ0v) is 12.4. The molecule has 0 aliphatic heterocycles. The van der Waals surface area contributed by atoms with Gasteiger partial charge in [0.1, 0.15) is 10.8 Å². The molecule has 2 rings (SSSR count). The van der Waals surface area contributed by atoms with Gasteiger partial charge in [0.2, 0.25) is 0 Å². The molecule has 0 bridgehead atoms. The molecule has 0 atom stereocenters. The van der Waals surface area contributed by atoms with Gasteiger partial charge >= 0.3 is 0 Å². The number of hydrogen-bond donors (Lipinski definition) is 1. The minimum Gasteiger partial charge on any atom is -0.330 e. The van der Waals surface area contributed by atoms with Gasteiger partial charge in [-0.25, -0.2) is 9.37 Å². The van der Waals surface area contributed by atoms with Crippen molar-refractivity contribution in [2.45, 2.75) is 20.4 Å². The number of aromatic nitrogens is 1. The Hall–Kier alpha value is -1.04. The third kappa shape index (κ3) is 3.72. The number of nitrogens with zero attached hydrogens (tertiary/aromatic N) is 2. The molecular weight excluding hydrogens is 261 g/mol. The summed E-state index contributed by atoms with van der Waals surface area (Å²) in [4.78, 5) is 6.74. The second kappa shape index (κ2) is 5.53. The van der Waals surface area contributed by atoms with Crippen molar-refractivity contribution in [3.8, 4) is 0 Å². The van der Waals surface area contributed by atoms with E-state index in [2.05, 4.69) is 30.8 Å². The number of benzene rings is 1. The van der Waals surface area contributed by atoms with Crippen LogP contribution in [0.1, 0.15) is 18.9 Å². The van der Waals surface area contributed by atoms with Gasteiger partial charge in [-0.15, -0.1) is 11.3 Å². The van der Waals surface area contributed by atoms with E-state index in [1.165, 1.54) is 6.07 Å². The van der Waals surface area contributed by atoms with Crippen LogP contribution in [0.3, 0.4) is 0 Å². The van der Waals surface area contributed by atoms with Gasteiger partial charge in [0, 0.05) is 6.54 Å². The number of hydrogen-bond acceptors (Lipinski definition) is 4. The zero-order valence-electron chi connectivity index (χ0n) is 11.6. The Morgan fingerprint density at radius 1 is 1.42 bits per heavy atom. The van der Waals surface area contributed by atoms with Crippen molar-refractivity contribution >= 4 is 21.6 Å². The van der Waals surface area contributed by atoms with Crippen LogP contribution >= 0.6 is 11.3 Å². The summed E-state index contributed by atoms with van der Waals surface area (Å²) in [6.07, 6.45) is 0. The normalized spacial score (nSPS) is 12.5. The molecule has 0 saturated carbocycles. The lowest BCUT2D eigenvalue weighted by Crippen LogP contribution is -2.36. The van der Waals surface area contributed by atoms with Gasteiger partial charge in [-0.1, -0.05) is 13.8 Å². The smallest absolute Gasteiger partial charge is 0.124 e. The van der Waals surface area contributed by atoms with Gasteiger partial charge < -0.3 is 5.73 Å². The molecule has 5 heteroatoms. The van der Waals surface area contributed by atoms with Crippen LogP contribution in [0.4, 0.5) is 4.39 Å². The first-order valence-electron chi connectivity index (χ1n) is 6.33. The Bertz CT molecular complexity index is 565. The summed E-state index contributed by atoms with van der Waals surface area (Å²) < 4.78 is 14.0. The second-order valence-electron chi connectivity index (χ2n) is 5.76. The molecule has 0 unspecified atom stereocenters. The molecule has 0 amide bonds. The van der Waals surface area contributed by atoms with Crippen molar-refractivity contribution in [1.82, 2.24) is 9.88 Å². The van der Waals surface area contributed by atoms with Crippen LogP contribution < -0.4 is 5.73 Å². The third-order valence-electron chi connectivity index (χ3n) is 3.05. The Balaban J connectivity index is 2.09. The monoisotopic (exact) mass is 281 g/mol. The highest BCUT2D eigenvalue weighted by atomic mass is 32.1. The van der Waals surface area contributed by atoms with E-state index in [1.807, 2.05) is 0 Å². The van der Waals surface area contributed by atoms with Gasteiger partial charge in [-0.2, -0.15) is 0 Å². The lowest BCUT2D eigenvalue weighted by atomic mass is 9.93. The first-order chi connectivity index (χ1) is 8.89. The molecule has 0 spiro atoms. The summed E-state index contributed by atoms with van der Waals surface area (Å²) in [5, 5.41) is 1.01. The average Bonchev–Trinajstić information content (AvgIpc) is 2.69. The summed E-state index contributed by atoms with van der Waals surface area (Å²) >= 11 is 1.55. The SMILES string of the molecule is CN(Cc1nc2ccc(F)cc2s1)CC(C)(C)CN. The van der Waals surface area contributed by atoms with Crippen LogP contribution in [0.2, 0.25) is 0 Å². The number of thiazole rings is 1. The van der Waals surface area contributed by atoms with Crippen LogP contribution in [-0.4, -0.2) is 30.0 Å². The molecule has 0 fully saturated rings. The second-order valence-corrected chi connectivity index (χ2v) is 6.88. The minimum absolute atomic E-state index is 0.0948. The molecule has 2 aromatic rings. The first-order valence-corrected chi connectivity index (χ1v) is 7.15. The zero-order chi connectivity index (χ0) is 14.0. The van der Waals surface area contributed by atoms with Crippen molar-refractivity contribution in [3.05, 3.63) is 29.0 Å². The molecule has 0 saturated heterocycles. The van der Waals surface area contributed by atoms with Gasteiger partial charge in [0.25, 0.3) is 0 Å². The van der Waals surface area contributed by atoms with Crippen molar-refractivity contribution < 1.29 is 4.39 Å². The molecule has 0 aliphatic rings. The van der Waals surface area contributed by atoms with Gasteiger partial charge in [0.05, 0.1) is 16.8 Å². The van der Waals surface area contributed by atoms with Crippen molar-refractivity contribution in [2.24, 2.45) is 11.1 Å². The predicted octanol–water partition coefficient (Wildman–Crippen LogP) is 2.85. The summed E-state index contributed by atoms with van der Waals surface area (Å²) in [7, 11) is 2.06. The highest BCUT2D eigenvalue weighted by Gasteiger charge is 2.18.